The number of rotatable bonds is 5. The fraction of sp³-hybridized carbons (Fsp3) is 0.357. The van der Waals surface area contributed by atoms with Crippen molar-refractivity contribution in [3.05, 3.63) is 35.9 Å². The topological polar surface area (TPSA) is 61.3 Å². The van der Waals surface area contributed by atoms with Gasteiger partial charge in [-0.15, -0.1) is 0 Å². The van der Waals surface area contributed by atoms with E-state index in [2.05, 4.69) is 31.1 Å². The van der Waals surface area contributed by atoms with Crippen LogP contribution in [0.4, 0.5) is 0 Å². The summed E-state index contributed by atoms with van der Waals surface area (Å²) in [5.74, 6) is 1.71. The van der Waals surface area contributed by atoms with Crippen LogP contribution in [0.2, 0.25) is 0 Å². The highest BCUT2D eigenvalue weighted by Crippen LogP contribution is 2.25. The van der Waals surface area contributed by atoms with E-state index >= 15 is 0 Å². The van der Waals surface area contributed by atoms with E-state index in [0.717, 1.165) is 5.56 Å². The average Bonchev–Trinajstić information content (AvgIpc) is 2.85. The van der Waals surface area contributed by atoms with Crippen LogP contribution in [-0.2, 0) is 0 Å². The Bertz CT molecular complexity index is 489. The van der Waals surface area contributed by atoms with Gasteiger partial charge in [0.1, 0.15) is 6.61 Å². The van der Waals surface area contributed by atoms with E-state index < -0.39 is 0 Å². The molecule has 0 aliphatic carbocycles. The van der Waals surface area contributed by atoms with Crippen LogP contribution in [-0.4, -0.2) is 18.3 Å². The van der Waals surface area contributed by atoms with E-state index in [4.69, 9.17) is 15.0 Å². The SMILES string of the molecule is CC(C)c1ccc(-c2cc(OCCN)no2)cc1. The lowest BCUT2D eigenvalue weighted by molar-refractivity contribution is 0.288. The molecule has 2 N–H and O–H groups in total. The summed E-state index contributed by atoms with van der Waals surface area (Å²) in [6, 6.07) is 10.0. The number of nitrogens with two attached hydrogens (primary N) is 1. The summed E-state index contributed by atoms with van der Waals surface area (Å²) < 4.78 is 10.5. The second kappa shape index (κ2) is 5.69. The number of nitrogens with zero attached hydrogens (tertiary/aromatic N) is 1. The van der Waals surface area contributed by atoms with E-state index in [-0.39, 0.29) is 0 Å². The summed E-state index contributed by atoms with van der Waals surface area (Å²) in [7, 11) is 0. The van der Waals surface area contributed by atoms with Crippen molar-refractivity contribution in [1.29, 1.82) is 0 Å². The molecule has 0 saturated heterocycles. The smallest absolute Gasteiger partial charge is 0.254 e. The third-order valence-electron chi connectivity index (χ3n) is 2.72. The average molecular weight is 246 g/mol. The van der Waals surface area contributed by atoms with Gasteiger partial charge in [0, 0.05) is 18.2 Å². The number of aromatic nitrogens is 1. The Kier molecular flexibility index (Phi) is 3.99. The van der Waals surface area contributed by atoms with Gasteiger partial charge in [0.15, 0.2) is 5.76 Å². The molecule has 0 radical (unpaired) electrons. The molecular formula is C14H18N2O2. The molecule has 2 rings (SSSR count). The van der Waals surface area contributed by atoms with E-state index in [9.17, 15) is 0 Å². The van der Waals surface area contributed by atoms with Crippen molar-refractivity contribution in [3.8, 4) is 17.2 Å². The second-order valence-corrected chi connectivity index (χ2v) is 4.44. The number of hydrogen-bond donors (Lipinski definition) is 1. The lowest BCUT2D eigenvalue weighted by Crippen LogP contribution is -2.10. The van der Waals surface area contributed by atoms with Gasteiger partial charge in [-0.3, -0.25) is 0 Å². The highest BCUT2D eigenvalue weighted by molar-refractivity contribution is 5.58. The molecular weight excluding hydrogens is 228 g/mol. The minimum absolute atomic E-state index is 0.443. The van der Waals surface area contributed by atoms with Crippen LogP contribution < -0.4 is 10.5 Å². The van der Waals surface area contributed by atoms with Crippen molar-refractivity contribution in [2.45, 2.75) is 19.8 Å². The zero-order valence-electron chi connectivity index (χ0n) is 10.7. The first-order valence-corrected chi connectivity index (χ1v) is 6.10. The van der Waals surface area contributed by atoms with Crippen LogP contribution in [0.15, 0.2) is 34.9 Å². The summed E-state index contributed by atoms with van der Waals surface area (Å²) in [5, 5.41) is 3.83. The molecule has 1 aromatic carbocycles. The standard InChI is InChI=1S/C14H18N2O2/c1-10(2)11-3-5-12(6-4-11)13-9-14(16-18-13)17-8-7-15/h3-6,9-10H,7-8,15H2,1-2H3. The summed E-state index contributed by atoms with van der Waals surface area (Å²) >= 11 is 0. The molecule has 0 aliphatic rings. The summed E-state index contributed by atoms with van der Waals surface area (Å²) in [5.41, 5.74) is 7.65. The Morgan fingerprint density at radius 2 is 2.00 bits per heavy atom. The quantitative estimate of drug-likeness (QED) is 0.881. The first-order chi connectivity index (χ1) is 8.70. The Morgan fingerprint density at radius 3 is 2.61 bits per heavy atom. The van der Waals surface area contributed by atoms with E-state index in [1.807, 2.05) is 12.1 Å². The largest absolute Gasteiger partial charge is 0.474 e. The molecule has 0 atom stereocenters. The second-order valence-electron chi connectivity index (χ2n) is 4.44. The van der Waals surface area contributed by atoms with Gasteiger partial charge in [-0.2, -0.15) is 0 Å². The molecule has 96 valence electrons. The number of hydrogen-bond acceptors (Lipinski definition) is 4. The minimum atomic E-state index is 0.443. The van der Waals surface area contributed by atoms with Crippen molar-refractivity contribution in [3.63, 3.8) is 0 Å². The van der Waals surface area contributed by atoms with Crippen molar-refractivity contribution in [1.82, 2.24) is 5.16 Å². The molecule has 4 nitrogen and oxygen atoms in total. The van der Waals surface area contributed by atoms with Crippen molar-refractivity contribution >= 4 is 0 Å². The molecule has 0 aliphatic heterocycles. The molecule has 18 heavy (non-hydrogen) atoms. The fourth-order valence-electron chi connectivity index (χ4n) is 1.66. The fourth-order valence-corrected chi connectivity index (χ4v) is 1.66. The Labute approximate surface area is 107 Å². The molecule has 0 unspecified atom stereocenters. The van der Waals surface area contributed by atoms with Gasteiger partial charge in [-0.25, -0.2) is 0 Å². The maximum absolute atomic E-state index is 5.36. The highest BCUT2D eigenvalue weighted by atomic mass is 16.5. The molecule has 1 heterocycles. The van der Waals surface area contributed by atoms with Crippen LogP contribution in [0.5, 0.6) is 5.88 Å². The van der Waals surface area contributed by atoms with Crippen LogP contribution in [0.1, 0.15) is 25.3 Å². The summed E-state index contributed by atoms with van der Waals surface area (Å²) in [6.45, 7) is 5.24. The maximum Gasteiger partial charge on any atom is 0.254 e. The summed E-state index contributed by atoms with van der Waals surface area (Å²) in [6.07, 6.45) is 0. The molecule has 0 saturated carbocycles. The molecule has 2 aromatic rings. The Hall–Kier alpha value is -1.81. The Balaban J connectivity index is 2.13. The van der Waals surface area contributed by atoms with Gasteiger partial charge in [-0.1, -0.05) is 38.1 Å². The third-order valence-corrected chi connectivity index (χ3v) is 2.72. The zero-order valence-corrected chi connectivity index (χ0v) is 10.7. The van der Waals surface area contributed by atoms with Gasteiger partial charge < -0.3 is 15.0 Å². The molecule has 0 spiro atoms. The molecule has 0 amide bonds. The number of benzene rings is 1. The monoisotopic (exact) mass is 246 g/mol. The van der Waals surface area contributed by atoms with Gasteiger partial charge in [0.25, 0.3) is 5.88 Å². The van der Waals surface area contributed by atoms with Crippen LogP contribution in [0.3, 0.4) is 0 Å². The van der Waals surface area contributed by atoms with Crippen molar-refractivity contribution < 1.29 is 9.26 Å². The normalized spacial score (nSPS) is 10.9. The zero-order chi connectivity index (χ0) is 13.0. The first-order valence-electron chi connectivity index (χ1n) is 6.10. The number of ether oxygens (including phenoxy) is 1. The minimum Gasteiger partial charge on any atom is -0.474 e. The molecule has 4 heteroatoms. The lowest BCUT2D eigenvalue weighted by atomic mass is 10.0. The Morgan fingerprint density at radius 1 is 1.28 bits per heavy atom. The molecule has 0 bridgehead atoms. The van der Waals surface area contributed by atoms with Crippen molar-refractivity contribution in [2.24, 2.45) is 5.73 Å². The third kappa shape index (κ3) is 2.90. The van der Waals surface area contributed by atoms with Gasteiger partial charge >= 0.3 is 0 Å². The van der Waals surface area contributed by atoms with Crippen LogP contribution >= 0.6 is 0 Å². The van der Waals surface area contributed by atoms with Gasteiger partial charge in [0.2, 0.25) is 0 Å². The van der Waals surface area contributed by atoms with Gasteiger partial charge in [0.05, 0.1) is 0 Å². The summed E-state index contributed by atoms with van der Waals surface area (Å²) in [4.78, 5) is 0. The maximum atomic E-state index is 5.36. The van der Waals surface area contributed by atoms with Crippen LogP contribution in [0, 0.1) is 0 Å². The molecule has 1 aromatic heterocycles. The first kappa shape index (κ1) is 12.6. The predicted molar refractivity (Wildman–Crippen MR) is 70.6 cm³/mol. The van der Waals surface area contributed by atoms with E-state index in [1.54, 1.807) is 6.07 Å². The highest BCUT2D eigenvalue weighted by Gasteiger charge is 2.08. The van der Waals surface area contributed by atoms with E-state index in [0.29, 0.717) is 30.7 Å². The predicted octanol–water partition coefficient (Wildman–Crippen LogP) is 2.80. The van der Waals surface area contributed by atoms with Crippen LogP contribution in [0.25, 0.3) is 11.3 Å². The van der Waals surface area contributed by atoms with Crippen molar-refractivity contribution in [2.75, 3.05) is 13.2 Å². The van der Waals surface area contributed by atoms with Gasteiger partial charge in [-0.05, 0) is 16.6 Å². The van der Waals surface area contributed by atoms with E-state index in [1.165, 1.54) is 5.56 Å². The lowest BCUT2D eigenvalue weighted by Gasteiger charge is -2.04. The molecule has 0 fully saturated rings.